The minimum absolute atomic E-state index is 0.0783. The standard InChI is InChI=1S/C14H21FN2O3S/c1-3-5-20-14-8-13(12(16)7-11(14)15)17-4-6-21(18,19)9-10(17)2/h7-8,10H,3-6,9,16H2,1-2H3. The van der Waals surface area contributed by atoms with E-state index in [9.17, 15) is 12.8 Å². The lowest BCUT2D eigenvalue weighted by molar-refractivity contribution is 0.301. The normalized spacial score (nSPS) is 21.3. The first-order valence-electron chi connectivity index (χ1n) is 7.03. The monoisotopic (exact) mass is 316 g/mol. The summed E-state index contributed by atoms with van der Waals surface area (Å²) < 4.78 is 42.5. The highest BCUT2D eigenvalue weighted by molar-refractivity contribution is 7.91. The van der Waals surface area contributed by atoms with E-state index in [0.717, 1.165) is 6.42 Å². The van der Waals surface area contributed by atoms with Gasteiger partial charge in [0.2, 0.25) is 0 Å². The summed E-state index contributed by atoms with van der Waals surface area (Å²) in [5.41, 5.74) is 6.82. The van der Waals surface area contributed by atoms with Crippen LogP contribution in [0.1, 0.15) is 20.3 Å². The number of hydrogen-bond donors (Lipinski definition) is 1. The minimum atomic E-state index is -3.01. The molecule has 2 N–H and O–H groups in total. The van der Waals surface area contributed by atoms with Crippen molar-refractivity contribution in [3.8, 4) is 5.75 Å². The van der Waals surface area contributed by atoms with Crippen LogP contribution in [-0.2, 0) is 9.84 Å². The molecule has 1 aliphatic rings. The van der Waals surface area contributed by atoms with Crippen LogP contribution in [0.3, 0.4) is 0 Å². The van der Waals surface area contributed by atoms with Crippen molar-refractivity contribution < 1.29 is 17.5 Å². The molecule has 118 valence electrons. The zero-order chi connectivity index (χ0) is 15.6. The van der Waals surface area contributed by atoms with Crippen LogP contribution in [0.2, 0.25) is 0 Å². The predicted octanol–water partition coefficient (Wildman–Crippen LogP) is 1.82. The van der Waals surface area contributed by atoms with Crippen molar-refractivity contribution >= 4 is 21.2 Å². The second-order valence-corrected chi connectivity index (χ2v) is 7.58. The van der Waals surface area contributed by atoms with Crippen molar-refractivity contribution in [3.05, 3.63) is 17.9 Å². The number of nitrogen functional groups attached to an aromatic ring is 1. The molecule has 1 aromatic rings. The smallest absolute Gasteiger partial charge is 0.167 e. The molecule has 1 aliphatic heterocycles. The average Bonchev–Trinajstić information content (AvgIpc) is 2.38. The molecule has 5 nitrogen and oxygen atoms in total. The van der Waals surface area contributed by atoms with E-state index in [2.05, 4.69) is 0 Å². The van der Waals surface area contributed by atoms with Gasteiger partial charge < -0.3 is 15.4 Å². The van der Waals surface area contributed by atoms with E-state index in [1.165, 1.54) is 6.07 Å². The van der Waals surface area contributed by atoms with E-state index in [0.29, 0.717) is 24.5 Å². The molecule has 1 unspecified atom stereocenters. The predicted molar refractivity (Wildman–Crippen MR) is 82.1 cm³/mol. The molecular weight excluding hydrogens is 295 g/mol. The Kier molecular flexibility index (Phi) is 4.61. The van der Waals surface area contributed by atoms with Gasteiger partial charge in [-0.05, 0) is 13.3 Å². The first-order valence-corrected chi connectivity index (χ1v) is 8.85. The summed E-state index contributed by atoms with van der Waals surface area (Å²) in [6.45, 7) is 4.54. The Morgan fingerprint density at radius 1 is 1.48 bits per heavy atom. The van der Waals surface area contributed by atoms with Gasteiger partial charge in [-0.25, -0.2) is 12.8 Å². The van der Waals surface area contributed by atoms with Gasteiger partial charge in [0, 0.05) is 24.7 Å². The van der Waals surface area contributed by atoms with Gasteiger partial charge in [-0.1, -0.05) is 6.92 Å². The fourth-order valence-corrected chi connectivity index (χ4v) is 4.04. The van der Waals surface area contributed by atoms with E-state index in [-0.39, 0.29) is 23.3 Å². The molecule has 0 spiro atoms. The van der Waals surface area contributed by atoms with E-state index in [1.807, 2.05) is 18.7 Å². The van der Waals surface area contributed by atoms with Crippen LogP contribution in [0.25, 0.3) is 0 Å². The molecule has 0 saturated carbocycles. The number of rotatable bonds is 4. The maximum atomic E-state index is 13.8. The first kappa shape index (κ1) is 15.9. The molecule has 1 fully saturated rings. The van der Waals surface area contributed by atoms with Crippen LogP contribution in [-0.4, -0.2) is 39.1 Å². The van der Waals surface area contributed by atoms with Gasteiger partial charge in [-0.3, -0.25) is 0 Å². The molecule has 0 aromatic heterocycles. The topological polar surface area (TPSA) is 72.6 Å². The van der Waals surface area contributed by atoms with Crippen LogP contribution in [0, 0.1) is 5.82 Å². The zero-order valence-corrected chi connectivity index (χ0v) is 13.1. The largest absolute Gasteiger partial charge is 0.490 e. The SMILES string of the molecule is CCCOc1cc(N2CCS(=O)(=O)CC2C)c(N)cc1F. The maximum Gasteiger partial charge on any atom is 0.167 e. The Balaban J connectivity index is 2.30. The average molecular weight is 316 g/mol. The molecule has 1 saturated heterocycles. The van der Waals surface area contributed by atoms with Gasteiger partial charge in [-0.15, -0.1) is 0 Å². The summed E-state index contributed by atoms with van der Waals surface area (Å²) in [7, 11) is -3.01. The lowest BCUT2D eigenvalue weighted by atomic mass is 10.2. The highest BCUT2D eigenvalue weighted by Crippen LogP contribution is 2.33. The molecule has 1 aromatic carbocycles. The van der Waals surface area contributed by atoms with Crippen LogP contribution in [0.5, 0.6) is 5.75 Å². The van der Waals surface area contributed by atoms with Crippen LogP contribution in [0.4, 0.5) is 15.8 Å². The fourth-order valence-electron chi connectivity index (χ4n) is 2.49. The summed E-state index contributed by atoms with van der Waals surface area (Å²) in [6, 6.07) is 2.60. The molecule has 0 amide bonds. The highest BCUT2D eigenvalue weighted by Gasteiger charge is 2.29. The lowest BCUT2D eigenvalue weighted by Crippen LogP contribution is -2.47. The highest BCUT2D eigenvalue weighted by atomic mass is 32.2. The summed E-state index contributed by atoms with van der Waals surface area (Å²) >= 11 is 0. The second kappa shape index (κ2) is 6.09. The molecular formula is C14H21FN2O3S. The van der Waals surface area contributed by atoms with Crippen molar-refractivity contribution in [2.24, 2.45) is 0 Å². The van der Waals surface area contributed by atoms with Crippen molar-refractivity contribution in [2.75, 3.05) is 35.3 Å². The quantitative estimate of drug-likeness (QED) is 0.858. The maximum absolute atomic E-state index is 13.8. The zero-order valence-electron chi connectivity index (χ0n) is 12.3. The summed E-state index contributed by atoms with van der Waals surface area (Å²) in [5.74, 6) is -0.183. The number of benzene rings is 1. The van der Waals surface area contributed by atoms with Crippen LogP contribution in [0.15, 0.2) is 12.1 Å². The lowest BCUT2D eigenvalue weighted by Gasteiger charge is -2.36. The van der Waals surface area contributed by atoms with E-state index >= 15 is 0 Å². The van der Waals surface area contributed by atoms with Gasteiger partial charge in [0.1, 0.15) is 0 Å². The van der Waals surface area contributed by atoms with Gasteiger partial charge in [0.25, 0.3) is 0 Å². The van der Waals surface area contributed by atoms with Crippen LogP contribution >= 0.6 is 0 Å². The molecule has 0 radical (unpaired) electrons. The Morgan fingerprint density at radius 3 is 2.81 bits per heavy atom. The van der Waals surface area contributed by atoms with Crippen LogP contribution < -0.4 is 15.4 Å². The summed E-state index contributed by atoms with van der Waals surface area (Å²) in [5, 5.41) is 0. The third kappa shape index (κ3) is 3.58. The molecule has 1 atom stereocenters. The second-order valence-electron chi connectivity index (χ2n) is 5.35. The first-order chi connectivity index (χ1) is 9.84. The molecule has 2 rings (SSSR count). The third-order valence-corrected chi connectivity index (χ3v) is 5.32. The fraction of sp³-hybridized carbons (Fsp3) is 0.571. The Morgan fingerprint density at radius 2 is 2.19 bits per heavy atom. The number of nitrogens with zero attached hydrogens (tertiary/aromatic N) is 1. The molecule has 0 bridgehead atoms. The van der Waals surface area contributed by atoms with Gasteiger partial charge in [-0.2, -0.15) is 0 Å². The van der Waals surface area contributed by atoms with Crippen molar-refractivity contribution in [1.29, 1.82) is 0 Å². The number of anilines is 2. The third-order valence-electron chi connectivity index (χ3n) is 3.52. The van der Waals surface area contributed by atoms with Gasteiger partial charge in [0.05, 0.1) is 29.5 Å². The van der Waals surface area contributed by atoms with Crippen molar-refractivity contribution in [2.45, 2.75) is 26.3 Å². The van der Waals surface area contributed by atoms with Gasteiger partial charge in [0.15, 0.2) is 21.4 Å². The molecule has 0 aliphatic carbocycles. The number of halogens is 1. The van der Waals surface area contributed by atoms with E-state index in [1.54, 1.807) is 6.07 Å². The summed E-state index contributed by atoms with van der Waals surface area (Å²) in [6.07, 6.45) is 0.775. The van der Waals surface area contributed by atoms with Crippen molar-refractivity contribution in [1.82, 2.24) is 0 Å². The number of hydrogen-bond acceptors (Lipinski definition) is 5. The Labute approximate surface area is 124 Å². The van der Waals surface area contributed by atoms with Gasteiger partial charge >= 0.3 is 0 Å². The van der Waals surface area contributed by atoms with E-state index < -0.39 is 15.7 Å². The molecule has 7 heteroatoms. The Hall–Kier alpha value is -1.50. The number of nitrogens with two attached hydrogens (primary N) is 1. The number of sulfone groups is 1. The van der Waals surface area contributed by atoms with Crippen molar-refractivity contribution in [3.63, 3.8) is 0 Å². The minimum Gasteiger partial charge on any atom is -0.490 e. The Bertz CT molecular complexity index is 619. The molecule has 21 heavy (non-hydrogen) atoms. The van der Waals surface area contributed by atoms with E-state index in [4.69, 9.17) is 10.5 Å². The number of ether oxygens (including phenoxy) is 1. The summed E-state index contributed by atoms with van der Waals surface area (Å²) in [4.78, 5) is 1.90. The molecule has 1 heterocycles.